The highest BCUT2D eigenvalue weighted by molar-refractivity contribution is 6.10. The van der Waals surface area contributed by atoms with E-state index in [2.05, 4.69) is 0 Å². The Morgan fingerprint density at radius 2 is 2.11 bits per heavy atom. The van der Waals surface area contributed by atoms with Crippen LogP contribution in [0.4, 0.5) is 0 Å². The third-order valence-corrected chi connectivity index (χ3v) is 2.75. The molecular formula is C12H18O6. The Balaban J connectivity index is 2.69. The molecule has 6 nitrogen and oxygen atoms in total. The van der Waals surface area contributed by atoms with Gasteiger partial charge in [0.2, 0.25) is 0 Å². The third-order valence-electron chi connectivity index (χ3n) is 2.75. The van der Waals surface area contributed by atoms with Crippen molar-refractivity contribution in [1.29, 1.82) is 0 Å². The number of ether oxygens (including phenoxy) is 3. The Labute approximate surface area is 106 Å². The molecule has 0 aromatic rings. The van der Waals surface area contributed by atoms with Gasteiger partial charge in [-0.15, -0.1) is 0 Å². The largest absolute Gasteiger partial charge is 0.465 e. The average Bonchev–Trinajstić information content (AvgIpc) is 2.28. The summed E-state index contributed by atoms with van der Waals surface area (Å²) in [5.74, 6) is -2.45. The van der Waals surface area contributed by atoms with Crippen molar-refractivity contribution in [2.24, 2.45) is 11.8 Å². The molecule has 1 fully saturated rings. The molecule has 0 N–H and O–H groups in total. The van der Waals surface area contributed by atoms with Crippen LogP contribution in [0.1, 0.15) is 19.8 Å². The minimum atomic E-state index is -0.889. The number of ketones is 2. The van der Waals surface area contributed by atoms with Crippen LogP contribution in [0.2, 0.25) is 0 Å². The normalized spacial score (nSPS) is 24.1. The first-order valence-electron chi connectivity index (χ1n) is 5.87. The molecule has 1 rings (SSSR count). The van der Waals surface area contributed by atoms with Gasteiger partial charge in [-0.25, -0.2) is 0 Å². The quantitative estimate of drug-likeness (QED) is 0.296. The van der Waals surface area contributed by atoms with Gasteiger partial charge in [0.25, 0.3) is 0 Å². The standard InChI is InChI=1S/C12H18O6/c1-3-18-12(15)11-8(6-17-7-16-2)4-9(13)5-10(11)14/h8,11H,3-7H2,1-2H3. The van der Waals surface area contributed by atoms with Crippen molar-refractivity contribution in [1.82, 2.24) is 0 Å². The molecule has 1 aliphatic rings. The van der Waals surface area contributed by atoms with E-state index in [0.717, 1.165) is 0 Å². The molecular weight excluding hydrogens is 240 g/mol. The van der Waals surface area contributed by atoms with Gasteiger partial charge < -0.3 is 14.2 Å². The number of methoxy groups -OCH3 is 1. The number of Topliss-reactive ketones (excluding diaryl/α,β-unsaturated/α-hetero) is 2. The molecule has 2 unspecified atom stereocenters. The molecule has 102 valence electrons. The van der Waals surface area contributed by atoms with Gasteiger partial charge in [0.15, 0.2) is 5.78 Å². The minimum Gasteiger partial charge on any atom is -0.465 e. The van der Waals surface area contributed by atoms with E-state index in [4.69, 9.17) is 14.2 Å². The fraction of sp³-hybridized carbons (Fsp3) is 0.750. The van der Waals surface area contributed by atoms with Gasteiger partial charge in [-0.3, -0.25) is 14.4 Å². The van der Waals surface area contributed by atoms with Crippen LogP contribution in [0.3, 0.4) is 0 Å². The van der Waals surface area contributed by atoms with Crippen LogP contribution in [0.25, 0.3) is 0 Å². The summed E-state index contributed by atoms with van der Waals surface area (Å²) in [5.41, 5.74) is 0. The molecule has 0 aromatic heterocycles. The molecule has 0 radical (unpaired) electrons. The highest BCUT2D eigenvalue weighted by atomic mass is 16.7. The summed E-state index contributed by atoms with van der Waals surface area (Å²) in [7, 11) is 1.47. The summed E-state index contributed by atoms with van der Waals surface area (Å²) in [6, 6.07) is 0. The first-order chi connectivity index (χ1) is 8.60. The zero-order valence-electron chi connectivity index (χ0n) is 10.6. The predicted molar refractivity (Wildman–Crippen MR) is 60.7 cm³/mol. The smallest absolute Gasteiger partial charge is 0.316 e. The van der Waals surface area contributed by atoms with E-state index >= 15 is 0 Å². The van der Waals surface area contributed by atoms with Crippen LogP contribution < -0.4 is 0 Å². The van der Waals surface area contributed by atoms with Crippen molar-refractivity contribution in [3.8, 4) is 0 Å². The maximum atomic E-state index is 11.8. The SMILES string of the molecule is CCOC(=O)C1C(=O)CC(=O)CC1COCOC. The van der Waals surface area contributed by atoms with E-state index < -0.39 is 17.8 Å². The maximum absolute atomic E-state index is 11.8. The lowest BCUT2D eigenvalue weighted by atomic mass is 9.78. The Kier molecular flexibility index (Phi) is 5.94. The molecule has 0 bridgehead atoms. The van der Waals surface area contributed by atoms with Crippen molar-refractivity contribution < 1.29 is 28.6 Å². The molecule has 2 atom stereocenters. The Morgan fingerprint density at radius 3 is 2.72 bits per heavy atom. The third kappa shape index (κ3) is 3.89. The van der Waals surface area contributed by atoms with E-state index in [1.807, 2.05) is 0 Å². The Hall–Kier alpha value is -1.27. The number of hydrogen-bond acceptors (Lipinski definition) is 6. The van der Waals surface area contributed by atoms with Gasteiger partial charge in [0, 0.05) is 19.4 Å². The van der Waals surface area contributed by atoms with Gasteiger partial charge in [-0.1, -0.05) is 0 Å². The van der Waals surface area contributed by atoms with Crippen LogP contribution in [0.5, 0.6) is 0 Å². The second kappa shape index (κ2) is 7.23. The second-order valence-electron chi connectivity index (χ2n) is 4.15. The Morgan fingerprint density at radius 1 is 1.39 bits per heavy atom. The van der Waals surface area contributed by atoms with Crippen LogP contribution in [0, 0.1) is 11.8 Å². The number of carbonyl (C=O) groups excluding carboxylic acids is 3. The van der Waals surface area contributed by atoms with Gasteiger partial charge in [-0.2, -0.15) is 0 Å². The summed E-state index contributed by atoms with van der Waals surface area (Å²) in [6.45, 7) is 2.08. The molecule has 1 saturated carbocycles. The van der Waals surface area contributed by atoms with Crippen molar-refractivity contribution in [3.05, 3.63) is 0 Å². The monoisotopic (exact) mass is 258 g/mol. The fourth-order valence-corrected chi connectivity index (χ4v) is 2.04. The van der Waals surface area contributed by atoms with Crippen LogP contribution in [0.15, 0.2) is 0 Å². The predicted octanol–water partition coefficient (Wildman–Crippen LogP) is 0.334. The molecule has 1 aliphatic carbocycles. The summed E-state index contributed by atoms with van der Waals surface area (Å²) >= 11 is 0. The van der Waals surface area contributed by atoms with Gasteiger partial charge in [-0.05, 0) is 6.92 Å². The Bertz CT molecular complexity index is 325. The van der Waals surface area contributed by atoms with Crippen molar-refractivity contribution >= 4 is 17.5 Å². The summed E-state index contributed by atoms with van der Waals surface area (Å²) in [6.07, 6.45) is -0.0246. The molecule has 18 heavy (non-hydrogen) atoms. The maximum Gasteiger partial charge on any atom is 0.316 e. The zero-order chi connectivity index (χ0) is 13.5. The average molecular weight is 258 g/mol. The minimum absolute atomic E-state index is 0.0639. The van der Waals surface area contributed by atoms with Crippen molar-refractivity contribution in [3.63, 3.8) is 0 Å². The lowest BCUT2D eigenvalue weighted by Crippen LogP contribution is -2.41. The molecule has 0 saturated heterocycles. The molecule has 0 aliphatic heterocycles. The highest BCUT2D eigenvalue weighted by Gasteiger charge is 2.41. The van der Waals surface area contributed by atoms with E-state index in [0.29, 0.717) is 0 Å². The van der Waals surface area contributed by atoms with Crippen LogP contribution in [-0.4, -0.2) is 44.7 Å². The van der Waals surface area contributed by atoms with Crippen molar-refractivity contribution in [2.75, 3.05) is 27.1 Å². The van der Waals surface area contributed by atoms with Gasteiger partial charge in [0.1, 0.15) is 18.5 Å². The topological polar surface area (TPSA) is 78.9 Å². The molecule has 0 heterocycles. The van der Waals surface area contributed by atoms with Gasteiger partial charge in [0.05, 0.1) is 19.6 Å². The molecule has 0 aromatic carbocycles. The van der Waals surface area contributed by atoms with Crippen LogP contribution in [-0.2, 0) is 28.6 Å². The zero-order valence-corrected chi connectivity index (χ0v) is 10.6. The number of hydrogen-bond donors (Lipinski definition) is 0. The second-order valence-corrected chi connectivity index (χ2v) is 4.15. The van der Waals surface area contributed by atoms with Crippen LogP contribution >= 0.6 is 0 Å². The van der Waals surface area contributed by atoms with E-state index in [-0.39, 0.29) is 44.4 Å². The molecule has 6 heteroatoms. The summed E-state index contributed by atoms with van der Waals surface area (Å²) in [4.78, 5) is 34.9. The fourth-order valence-electron chi connectivity index (χ4n) is 2.04. The molecule has 0 amide bonds. The lowest BCUT2D eigenvalue weighted by Gasteiger charge is -2.27. The summed E-state index contributed by atoms with van der Waals surface area (Å²) < 4.78 is 14.7. The van der Waals surface area contributed by atoms with E-state index in [9.17, 15) is 14.4 Å². The van der Waals surface area contributed by atoms with Crippen molar-refractivity contribution in [2.45, 2.75) is 19.8 Å². The molecule has 0 spiro atoms. The first kappa shape index (κ1) is 14.8. The lowest BCUT2D eigenvalue weighted by molar-refractivity contribution is -0.158. The first-order valence-corrected chi connectivity index (χ1v) is 5.87. The number of esters is 1. The number of rotatable bonds is 6. The number of carbonyl (C=O) groups is 3. The summed E-state index contributed by atoms with van der Waals surface area (Å²) in [5, 5.41) is 0. The van der Waals surface area contributed by atoms with E-state index in [1.165, 1.54) is 7.11 Å². The van der Waals surface area contributed by atoms with Gasteiger partial charge >= 0.3 is 5.97 Å². The van der Waals surface area contributed by atoms with E-state index in [1.54, 1.807) is 6.92 Å². The highest BCUT2D eigenvalue weighted by Crippen LogP contribution is 2.27.